The molecule has 0 saturated carbocycles. The highest BCUT2D eigenvalue weighted by Gasteiger charge is 2.22. The first-order valence-corrected chi connectivity index (χ1v) is 6.08. The van der Waals surface area contributed by atoms with E-state index in [9.17, 15) is 4.79 Å². The van der Waals surface area contributed by atoms with E-state index >= 15 is 0 Å². The molecule has 0 bridgehead atoms. The zero-order chi connectivity index (χ0) is 13.0. The van der Waals surface area contributed by atoms with E-state index in [2.05, 4.69) is 19.2 Å². The lowest BCUT2D eigenvalue weighted by Crippen LogP contribution is -2.39. The van der Waals surface area contributed by atoms with Crippen LogP contribution in [-0.2, 0) is 4.79 Å². The molecule has 1 rings (SSSR count). The van der Waals surface area contributed by atoms with Crippen molar-refractivity contribution in [3.05, 3.63) is 34.9 Å². The quantitative estimate of drug-likeness (QED) is 0.820. The molecule has 1 aromatic carbocycles. The molecule has 2 unspecified atom stereocenters. The van der Waals surface area contributed by atoms with Gasteiger partial charge in [-0.15, -0.1) is 0 Å². The third-order valence-corrected chi connectivity index (χ3v) is 3.18. The second-order valence-electron chi connectivity index (χ2n) is 4.62. The molecule has 17 heavy (non-hydrogen) atoms. The summed E-state index contributed by atoms with van der Waals surface area (Å²) in [4.78, 5) is 11.6. The third kappa shape index (κ3) is 3.30. The maximum atomic E-state index is 11.6. The lowest BCUT2D eigenvalue weighted by atomic mass is 9.95. The second-order valence-corrected chi connectivity index (χ2v) is 4.62. The van der Waals surface area contributed by atoms with Crippen molar-refractivity contribution < 1.29 is 4.79 Å². The van der Waals surface area contributed by atoms with Crippen molar-refractivity contribution >= 4 is 5.91 Å². The molecule has 3 N–H and O–H groups in total. The minimum atomic E-state index is -0.397. The Morgan fingerprint density at radius 3 is 2.29 bits per heavy atom. The highest BCUT2D eigenvalue weighted by atomic mass is 16.1. The number of aryl methyl sites for hydroxylation is 2. The second kappa shape index (κ2) is 5.82. The van der Waals surface area contributed by atoms with Gasteiger partial charge in [-0.2, -0.15) is 0 Å². The van der Waals surface area contributed by atoms with Gasteiger partial charge in [-0.3, -0.25) is 10.1 Å². The van der Waals surface area contributed by atoms with Crippen LogP contribution >= 0.6 is 0 Å². The Hall–Kier alpha value is -1.35. The molecule has 0 aliphatic carbocycles. The van der Waals surface area contributed by atoms with Crippen molar-refractivity contribution in [1.29, 1.82) is 0 Å². The minimum absolute atomic E-state index is 0.270. The first-order valence-electron chi connectivity index (χ1n) is 6.08. The number of rotatable bonds is 5. The molecule has 3 nitrogen and oxygen atoms in total. The van der Waals surface area contributed by atoms with Gasteiger partial charge < -0.3 is 5.73 Å². The van der Waals surface area contributed by atoms with Crippen LogP contribution in [0.1, 0.15) is 43.0 Å². The maximum absolute atomic E-state index is 11.6. The van der Waals surface area contributed by atoms with Crippen molar-refractivity contribution in [2.75, 3.05) is 0 Å². The summed E-state index contributed by atoms with van der Waals surface area (Å²) in [7, 11) is 0. The van der Waals surface area contributed by atoms with Gasteiger partial charge in [0, 0.05) is 6.04 Å². The average Bonchev–Trinajstić information content (AvgIpc) is 2.26. The number of nitrogens with two attached hydrogens (primary N) is 1. The molecule has 0 aliphatic heterocycles. The van der Waals surface area contributed by atoms with Gasteiger partial charge in [0.15, 0.2) is 0 Å². The van der Waals surface area contributed by atoms with Crippen LogP contribution in [0.15, 0.2) is 18.2 Å². The van der Waals surface area contributed by atoms with E-state index in [1.54, 1.807) is 0 Å². The van der Waals surface area contributed by atoms with Gasteiger partial charge in [0.05, 0.1) is 0 Å². The Morgan fingerprint density at radius 1 is 1.35 bits per heavy atom. The Morgan fingerprint density at radius 2 is 1.88 bits per heavy atom. The molecule has 0 aliphatic rings. The summed E-state index contributed by atoms with van der Waals surface area (Å²) in [5.74, 6) is -0.317. The number of hydrogen-bond donors (Lipinski definition) is 2. The van der Waals surface area contributed by atoms with E-state index in [1.165, 1.54) is 0 Å². The van der Waals surface area contributed by atoms with E-state index in [-0.39, 0.29) is 11.9 Å². The molecular weight excluding hydrogens is 212 g/mol. The summed E-state index contributed by atoms with van der Waals surface area (Å²) in [5.41, 5.74) is 8.73. The van der Waals surface area contributed by atoms with E-state index < -0.39 is 6.04 Å². The Kier molecular flexibility index (Phi) is 4.70. The first kappa shape index (κ1) is 13.7. The minimum Gasteiger partial charge on any atom is -0.368 e. The van der Waals surface area contributed by atoms with Crippen LogP contribution in [0, 0.1) is 13.8 Å². The lowest BCUT2D eigenvalue weighted by Gasteiger charge is -2.23. The lowest BCUT2D eigenvalue weighted by molar-refractivity contribution is -0.120. The highest BCUT2D eigenvalue weighted by Crippen LogP contribution is 2.22. The van der Waals surface area contributed by atoms with Crippen molar-refractivity contribution in [3.8, 4) is 0 Å². The molecule has 0 fully saturated rings. The number of amides is 1. The predicted molar refractivity (Wildman–Crippen MR) is 70.7 cm³/mol. The van der Waals surface area contributed by atoms with Crippen LogP contribution in [-0.4, -0.2) is 11.9 Å². The van der Waals surface area contributed by atoms with E-state index in [0.717, 1.165) is 23.1 Å². The number of carbonyl (C=O) groups excluding carboxylic acids is 1. The van der Waals surface area contributed by atoms with Gasteiger partial charge >= 0.3 is 0 Å². The zero-order valence-electron chi connectivity index (χ0n) is 11.1. The third-order valence-electron chi connectivity index (χ3n) is 3.18. The summed E-state index contributed by atoms with van der Waals surface area (Å²) in [6.07, 6.45) is 0.967. The maximum Gasteiger partial charge on any atom is 0.239 e. The van der Waals surface area contributed by atoms with Crippen molar-refractivity contribution in [3.63, 3.8) is 0 Å². The Labute approximate surface area is 103 Å². The number of nitrogens with one attached hydrogen (secondary N) is 1. The summed E-state index contributed by atoms with van der Waals surface area (Å²) in [6, 6.07) is 5.89. The van der Waals surface area contributed by atoms with E-state index in [0.29, 0.717) is 0 Å². The van der Waals surface area contributed by atoms with Crippen molar-refractivity contribution in [2.24, 2.45) is 5.73 Å². The Bertz CT molecular complexity index is 381. The fourth-order valence-corrected chi connectivity index (χ4v) is 1.99. The largest absolute Gasteiger partial charge is 0.368 e. The van der Waals surface area contributed by atoms with Crippen molar-refractivity contribution in [1.82, 2.24) is 5.32 Å². The van der Waals surface area contributed by atoms with Crippen LogP contribution in [0.3, 0.4) is 0 Å². The molecule has 3 heteroatoms. The molecule has 0 saturated heterocycles. The number of hydrogen-bond acceptors (Lipinski definition) is 2. The Balaban J connectivity index is 3.10. The molecular formula is C14H22N2O. The molecule has 0 heterocycles. The van der Waals surface area contributed by atoms with Gasteiger partial charge in [-0.1, -0.05) is 25.1 Å². The molecule has 2 atom stereocenters. The first-order chi connectivity index (χ1) is 7.97. The summed E-state index contributed by atoms with van der Waals surface area (Å²) in [5, 5.41) is 3.29. The predicted octanol–water partition coefficient (Wildman–Crippen LogP) is 2.22. The fourth-order valence-electron chi connectivity index (χ4n) is 1.99. The SMILES string of the molecule is CCC(C)NC(C(N)=O)c1c(C)cccc1C. The van der Waals surface area contributed by atoms with Crippen molar-refractivity contribution in [2.45, 2.75) is 46.2 Å². The van der Waals surface area contributed by atoms with Crippen LogP contribution in [0.5, 0.6) is 0 Å². The van der Waals surface area contributed by atoms with Gasteiger partial charge in [0.25, 0.3) is 0 Å². The zero-order valence-corrected chi connectivity index (χ0v) is 11.1. The number of carbonyl (C=O) groups is 1. The molecule has 94 valence electrons. The molecule has 0 spiro atoms. The highest BCUT2D eigenvalue weighted by molar-refractivity contribution is 5.82. The van der Waals surface area contributed by atoms with E-state index in [4.69, 9.17) is 5.73 Å². The monoisotopic (exact) mass is 234 g/mol. The summed E-state index contributed by atoms with van der Waals surface area (Å²) >= 11 is 0. The smallest absolute Gasteiger partial charge is 0.239 e. The molecule has 1 aromatic rings. The van der Waals surface area contributed by atoms with E-state index in [1.807, 2.05) is 32.0 Å². The van der Waals surface area contributed by atoms with Crippen LogP contribution in [0.2, 0.25) is 0 Å². The van der Waals surface area contributed by atoms with Crippen LogP contribution in [0.25, 0.3) is 0 Å². The normalized spacial score (nSPS) is 14.4. The molecule has 0 aromatic heterocycles. The number of benzene rings is 1. The molecule has 0 radical (unpaired) electrons. The number of primary amides is 1. The van der Waals surface area contributed by atoms with Crippen LogP contribution in [0.4, 0.5) is 0 Å². The fraction of sp³-hybridized carbons (Fsp3) is 0.500. The standard InChI is InChI=1S/C14H22N2O/c1-5-11(4)16-13(14(15)17)12-9(2)7-6-8-10(12)3/h6-8,11,13,16H,5H2,1-4H3,(H2,15,17). The summed E-state index contributed by atoms with van der Waals surface area (Å²) < 4.78 is 0. The topological polar surface area (TPSA) is 55.1 Å². The van der Waals surface area contributed by atoms with Gasteiger partial charge in [-0.25, -0.2) is 0 Å². The van der Waals surface area contributed by atoms with Gasteiger partial charge in [-0.05, 0) is 43.9 Å². The average molecular weight is 234 g/mol. The van der Waals surface area contributed by atoms with Gasteiger partial charge in [0.2, 0.25) is 5.91 Å². The summed E-state index contributed by atoms with van der Waals surface area (Å²) in [6.45, 7) is 8.16. The van der Waals surface area contributed by atoms with Gasteiger partial charge in [0.1, 0.15) is 6.04 Å². The van der Waals surface area contributed by atoms with Crippen LogP contribution < -0.4 is 11.1 Å². The molecule has 1 amide bonds.